The monoisotopic (exact) mass is 271 g/mol. The van der Waals surface area contributed by atoms with Gasteiger partial charge in [0.2, 0.25) is 0 Å². The van der Waals surface area contributed by atoms with Crippen LogP contribution >= 0.6 is 0 Å². The van der Waals surface area contributed by atoms with Crippen molar-refractivity contribution in [2.75, 3.05) is 11.4 Å². The number of hydrogen-bond donors (Lipinski definition) is 1. The third-order valence-corrected chi connectivity index (χ3v) is 3.63. The van der Waals surface area contributed by atoms with Crippen molar-refractivity contribution in [3.63, 3.8) is 0 Å². The summed E-state index contributed by atoms with van der Waals surface area (Å²) in [5, 5.41) is 3.35. The lowest BCUT2D eigenvalue weighted by Gasteiger charge is -2.27. The van der Waals surface area contributed by atoms with E-state index < -0.39 is 0 Å². The van der Waals surface area contributed by atoms with Crippen LogP contribution < -0.4 is 10.2 Å². The largest absolute Gasteiger partial charge is 0.432 e. The highest BCUT2D eigenvalue weighted by Gasteiger charge is 2.19. The minimum Gasteiger partial charge on any atom is -0.432 e. The van der Waals surface area contributed by atoms with E-state index in [2.05, 4.69) is 53.3 Å². The average Bonchev–Trinajstić information content (AvgIpc) is 2.93. The Morgan fingerprint density at radius 2 is 2.10 bits per heavy atom. The molecule has 0 saturated carbocycles. The molecule has 0 amide bonds. The zero-order valence-corrected chi connectivity index (χ0v) is 12.1. The normalized spacial score (nSPS) is 14.7. The molecule has 1 aromatic carbocycles. The summed E-state index contributed by atoms with van der Waals surface area (Å²) in [6, 6.07) is 9.79. The molecule has 4 heteroatoms. The van der Waals surface area contributed by atoms with Gasteiger partial charge in [-0.25, -0.2) is 0 Å². The first-order valence-corrected chi connectivity index (χ1v) is 7.22. The lowest BCUT2D eigenvalue weighted by molar-refractivity contribution is 0.522. The Bertz CT molecular complexity index is 577. The SMILES string of the molecule is CC(C)NCc1coc(N2CCc3ccccc3C2)n1. The van der Waals surface area contributed by atoms with Crippen molar-refractivity contribution >= 4 is 6.01 Å². The number of nitrogens with zero attached hydrogens (tertiary/aromatic N) is 2. The Kier molecular flexibility index (Phi) is 3.74. The van der Waals surface area contributed by atoms with E-state index in [1.165, 1.54) is 11.1 Å². The Morgan fingerprint density at radius 3 is 2.90 bits per heavy atom. The standard InChI is InChI=1S/C16H21N3O/c1-12(2)17-9-15-11-20-16(18-15)19-8-7-13-5-3-4-6-14(13)10-19/h3-6,11-12,17H,7-10H2,1-2H3. The minimum absolute atomic E-state index is 0.456. The van der Waals surface area contributed by atoms with Gasteiger partial charge in [0.05, 0.1) is 5.69 Å². The van der Waals surface area contributed by atoms with Crippen molar-refractivity contribution in [1.82, 2.24) is 10.3 Å². The van der Waals surface area contributed by atoms with E-state index >= 15 is 0 Å². The van der Waals surface area contributed by atoms with Gasteiger partial charge in [0, 0.05) is 25.7 Å². The molecule has 0 spiro atoms. The summed E-state index contributed by atoms with van der Waals surface area (Å²) >= 11 is 0. The Hall–Kier alpha value is -1.81. The number of nitrogens with one attached hydrogen (secondary N) is 1. The first-order valence-electron chi connectivity index (χ1n) is 7.22. The molecule has 2 aromatic rings. The second kappa shape index (κ2) is 5.67. The summed E-state index contributed by atoms with van der Waals surface area (Å²) in [6.45, 7) is 6.86. The van der Waals surface area contributed by atoms with E-state index in [9.17, 15) is 0 Å². The van der Waals surface area contributed by atoms with E-state index in [0.717, 1.165) is 37.8 Å². The fourth-order valence-corrected chi connectivity index (χ4v) is 2.49. The maximum absolute atomic E-state index is 5.63. The van der Waals surface area contributed by atoms with Gasteiger partial charge in [-0.3, -0.25) is 0 Å². The molecule has 1 aromatic heterocycles. The van der Waals surface area contributed by atoms with Crippen LogP contribution in [0.2, 0.25) is 0 Å². The smallest absolute Gasteiger partial charge is 0.297 e. The molecule has 1 aliphatic rings. The second-order valence-electron chi connectivity index (χ2n) is 5.60. The number of rotatable bonds is 4. The number of hydrogen-bond acceptors (Lipinski definition) is 4. The maximum Gasteiger partial charge on any atom is 0.297 e. The van der Waals surface area contributed by atoms with Gasteiger partial charge in [-0.2, -0.15) is 4.98 Å². The van der Waals surface area contributed by atoms with Gasteiger partial charge in [-0.15, -0.1) is 0 Å². The topological polar surface area (TPSA) is 41.3 Å². The highest BCUT2D eigenvalue weighted by molar-refractivity contribution is 5.38. The van der Waals surface area contributed by atoms with Crippen LogP contribution in [0.25, 0.3) is 0 Å². The summed E-state index contributed by atoms with van der Waals surface area (Å²) in [5.41, 5.74) is 3.78. The molecule has 0 radical (unpaired) electrons. The predicted octanol–water partition coefficient (Wildman–Crippen LogP) is 2.74. The van der Waals surface area contributed by atoms with Crippen LogP contribution in [0.5, 0.6) is 0 Å². The van der Waals surface area contributed by atoms with Crippen LogP contribution in [0.4, 0.5) is 6.01 Å². The lowest BCUT2D eigenvalue weighted by atomic mass is 10.0. The number of anilines is 1. The molecule has 0 aliphatic carbocycles. The summed E-state index contributed by atoms with van der Waals surface area (Å²) in [5.74, 6) is 0. The third-order valence-electron chi connectivity index (χ3n) is 3.63. The highest BCUT2D eigenvalue weighted by Crippen LogP contribution is 2.23. The summed E-state index contributed by atoms with van der Waals surface area (Å²) in [4.78, 5) is 6.79. The molecule has 0 fully saturated rings. The van der Waals surface area contributed by atoms with E-state index in [4.69, 9.17) is 4.42 Å². The number of fused-ring (bicyclic) bond motifs is 1. The molecule has 106 valence electrons. The molecule has 0 bridgehead atoms. The Morgan fingerprint density at radius 1 is 1.30 bits per heavy atom. The first kappa shape index (κ1) is 13.2. The molecule has 4 nitrogen and oxygen atoms in total. The van der Waals surface area contributed by atoms with E-state index in [-0.39, 0.29) is 0 Å². The van der Waals surface area contributed by atoms with Crippen molar-refractivity contribution < 1.29 is 4.42 Å². The Labute approximate surface area is 119 Å². The highest BCUT2D eigenvalue weighted by atomic mass is 16.4. The van der Waals surface area contributed by atoms with Gasteiger partial charge >= 0.3 is 0 Å². The quantitative estimate of drug-likeness (QED) is 0.928. The van der Waals surface area contributed by atoms with Crippen molar-refractivity contribution in [3.05, 3.63) is 47.3 Å². The van der Waals surface area contributed by atoms with Crippen molar-refractivity contribution in [2.24, 2.45) is 0 Å². The van der Waals surface area contributed by atoms with E-state index in [0.29, 0.717) is 6.04 Å². The van der Waals surface area contributed by atoms with Gasteiger partial charge in [-0.1, -0.05) is 38.1 Å². The van der Waals surface area contributed by atoms with E-state index in [1.807, 2.05) is 0 Å². The van der Waals surface area contributed by atoms with Crippen molar-refractivity contribution in [1.29, 1.82) is 0 Å². The van der Waals surface area contributed by atoms with Crippen LogP contribution in [-0.2, 0) is 19.5 Å². The number of oxazole rings is 1. The van der Waals surface area contributed by atoms with Crippen LogP contribution in [-0.4, -0.2) is 17.6 Å². The molecule has 3 rings (SSSR count). The van der Waals surface area contributed by atoms with Gasteiger partial charge in [0.1, 0.15) is 6.26 Å². The molecular formula is C16H21N3O. The third kappa shape index (κ3) is 2.85. The fraction of sp³-hybridized carbons (Fsp3) is 0.438. The number of benzene rings is 1. The molecule has 0 unspecified atom stereocenters. The van der Waals surface area contributed by atoms with Crippen molar-refractivity contribution in [2.45, 2.75) is 39.4 Å². The van der Waals surface area contributed by atoms with Gasteiger partial charge in [0.25, 0.3) is 6.01 Å². The minimum atomic E-state index is 0.456. The van der Waals surface area contributed by atoms with E-state index in [1.54, 1.807) is 6.26 Å². The summed E-state index contributed by atoms with van der Waals surface area (Å²) in [7, 11) is 0. The van der Waals surface area contributed by atoms with Crippen LogP contribution in [0, 0.1) is 0 Å². The fourth-order valence-electron chi connectivity index (χ4n) is 2.49. The van der Waals surface area contributed by atoms with Crippen LogP contribution in [0.3, 0.4) is 0 Å². The lowest BCUT2D eigenvalue weighted by Crippen LogP contribution is -2.30. The zero-order chi connectivity index (χ0) is 13.9. The molecule has 0 saturated heterocycles. The van der Waals surface area contributed by atoms with Crippen LogP contribution in [0.1, 0.15) is 30.7 Å². The maximum atomic E-state index is 5.63. The molecular weight excluding hydrogens is 250 g/mol. The van der Waals surface area contributed by atoms with Crippen LogP contribution in [0.15, 0.2) is 34.9 Å². The Balaban J connectivity index is 1.69. The number of aromatic nitrogens is 1. The van der Waals surface area contributed by atoms with Gasteiger partial charge in [-0.05, 0) is 17.5 Å². The zero-order valence-electron chi connectivity index (χ0n) is 12.1. The van der Waals surface area contributed by atoms with Crippen molar-refractivity contribution in [3.8, 4) is 0 Å². The van der Waals surface area contributed by atoms with Gasteiger partial charge < -0.3 is 14.6 Å². The molecule has 1 aliphatic heterocycles. The second-order valence-corrected chi connectivity index (χ2v) is 5.60. The average molecular weight is 271 g/mol. The molecule has 0 atom stereocenters. The first-order chi connectivity index (χ1) is 9.72. The molecule has 1 N–H and O–H groups in total. The molecule has 20 heavy (non-hydrogen) atoms. The predicted molar refractivity (Wildman–Crippen MR) is 79.7 cm³/mol. The van der Waals surface area contributed by atoms with Gasteiger partial charge in [0.15, 0.2) is 0 Å². The molecule has 2 heterocycles. The summed E-state index contributed by atoms with van der Waals surface area (Å²) in [6.07, 6.45) is 2.81. The summed E-state index contributed by atoms with van der Waals surface area (Å²) < 4.78 is 5.63.